The van der Waals surface area contributed by atoms with E-state index in [9.17, 15) is 13.2 Å². The third-order valence-electron chi connectivity index (χ3n) is 2.17. The minimum Gasteiger partial charge on any atom is -0.446 e. The Morgan fingerprint density at radius 1 is 1.29 bits per heavy atom. The van der Waals surface area contributed by atoms with E-state index in [0.29, 0.717) is 5.56 Å². The zero-order valence-electron chi connectivity index (χ0n) is 8.53. The van der Waals surface area contributed by atoms with E-state index in [1.165, 1.54) is 18.4 Å². The summed E-state index contributed by atoms with van der Waals surface area (Å²) in [7, 11) is 0. The number of hydrogen-bond donors (Lipinski definition) is 1. The van der Waals surface area contributed by atoms with E-state index in [0.717, 1.165) is 12.1 Å². The number of alkyl halides is 3. The van der Waals surface area contributed by atoms with Crippen molar-refractivity contribution in [1.82, 2.24) is 4.98 Å². The van der Waals surface area contributed by atoms with Crippen LogP contribution < -0.4 is 0 Å². The van der Waals surface area contributed by atoms with Gasteiger partial charge in [0.05, 0.1) is 5.56 Å². The van der Waals surface area contributed by atoms with Crippen molar-refractivity contribution in [2.45, 2.75) is 12.8 Å². The zero-order valence-corrected chi connectivity index (χ0v) is 8.53. The molecule has 1 aromatic heterocycles. The topological polar surface area (TPSA) is 46.3 Å². The van der Waals surface area contributed by atoms with Crippen LogP contribution in [0.4, 0.5) is 13.2 Å². The van der Waals surface area contributed by atoms with Gasteiger partial charge in [-0.05, 0) is 12.1 Å². The maximum atomic E-state index is 12.5. The van der Waals surface area contributed by atoms with Gasteiger partial charge in [0, 0.05) is 5.56 Å². The van der Waals surface area contributed by atoms with E-state index in [4.69, 9.17) is 9.52 Å². The molecule has 90 valence electrons. The van der Waals surface area contributed by atoms with Gasteiger partial charge in [-0.2, -0.15) is 13.2 Å². The third-order valence-corrected chi connectivity index (χ3v) is 2.17. The SMILES string of the molecule is OCc1nc(-c2cccc(C(F)(F)F)c2)co1. The Balaban J connectivity index is 2.39. The minimum absolute atomic E-state index is 0.0670. The van der Waals surface area contributed by atoms with Crippen molar-refractivity contribution in [1.29, 1.82) is 0 Å². The Bertz CT molecular complexity index is 519. The first kappa shape index (κ1) is 11.7. The molecule has 6 heteroatoms. The molecule has 0 spiro atoms. The second-order valence-corrected chi connectivity index (χ2v) is 3.36. The number of aliphatic hydroxyl groups excluding tert-OH is 1. The number of rotatable bonds is 2. The lowest BCUT2D eigenvalue weighted by atomic mass is 10.1. The molecule has 17 heavy (non-hydrogen) atoms. The van der Waals surface area contributed by atoms with Gasteiger partial charge in [0.15, 0.2) is 0 Å². The van der Waals surface area contributed by atoms with Crippen molar-refractivity contribution in [3.8, 4) is 11.3 Å². The van der Waals surface area contributed by atoms with E-state index in [-0.39, 0.29) is 18.2 Å². The number of aromatic nitrogens is 1. The van der Waals surface area contributed by atoms with Crippen molar-refractivity contribution in [3.05, 3.63) is 42.0 Å². The maximum Gasteiger partial charge on any atom is 0.416 e. The zero-order chi connectivity index (χ0) is 12.5. The standard InChI is InChI=1S/C11H8F3NO2/c12-11(13,14)8-3-1-2-7(4-8)9-6-17-10(5-16)15-9/h1-4,6,16H,5H2. The molecule has 0 aliphatic heterocycles. The highest BCUT2D eigenvalue weighted by Gasteiger charge is 2.30. The van der Waals surface area contributed by atoms with Crippen molar-refractivity contribution in [2.75, 3.05) is 0 Å². The monoisotopic (exact) mass is 243 g/mol. The summed E-state index contributed by atoms with van der Waals surface area (Å²) in [5.74, 6) is 0.0670. The summed E-state index contributed by atoms with van der Waals surface area (Å²) >= 11 is 0. The predicted octanol–water partition coefficient (Wildman–Crippen LogP) is 2.85. The summed E-state index contributed by atoms with van der Waals surface area (Å²) in [5.41, 5.74) is -0.188. The summed E-state index contributed by atoms with van der Waals surface area (Å²) in [6.45, 7) is -0.390. The molecule has 1 aromatic carbocycles. The average Bonchev–Trinajstić information content (AvgIpc) is 2.76. The molecule has 0 aliphatic rings. The smallest absolute Gasteiger partial charge is 0.416 e. The molecule has 0 atom stereocenters. The molecule has 2 rings (SSSR count). The van der Waals surface area contributed by atoms with Gasteiger partial charge in [-0.15, -0.1) is 0 Å². The molecule has 3 nitrogen and oxygen atoms in total. The van der Waals surface area contributed by atoms with Gasteiger partial charge in [-0.3, -0.25) is 0 Å². The number of hydrogen-bond acceptors (Lipinski definition) is 3. The normalized spacial score (nSPS) is 11.8. The second-order valence-electron chi connectivity index (χ2n) is 3.36. The Hall–Kier alpha value is -1.82. The van der Waals surface area contributed by atoms with Crippen LogP contribution in [0.15, 0.2) is 34.9 Å². The van der Waals surface area contributed by atoms with Gasteiger partial charge in [-0.1, -0.05) is 12.1 Å². The quantitative estimate of drug-likeness (QED) is 0.882. The van der Waals surface area contributed by atoms with Crippen LogP contribution in [-0.2, 0) is 12.8 Å². The summed E-state index contributed by atoms with van der Waals surface area (Å²) < 4.78 is 42.3. The number of halogens is 3. The highest BCUT2D eigenvalue weighted by molar-refractivity contribution is 5.59. The van der Waals surface area contributed by atoms with Gasteiger partial charge >= 0.3 is 6.18 Å². The van der Waals surface area contributed by atoms with Gasteiger partial charge in [-0.25, -0.2) is 4.98 Å². The summed E-state index contributed by atoms with van der Waals surface area (Å²) in [4.78, 5) is 3.84. The summed E-state index contributed by atoms with van der Waals surface area (Å²) in [6, 6.07) is 4.76. The highest BCUT2D eigenvalue weighted by Crippen LogP contribution is 2.31. The van der Waals surface area contributed by atoms with Crippen LogP contribution in [0.25, 0.3) is 11.3 Å². The molecule has 0 fully saturated rings. The first-order valence-electron chi connectivity index (χ1n) is 4.73. The fourth-order valence-corrected chi connectivity index (χ4v) is 1.37. The molecule has 0 bridgehead atoms. The number of aliphatic hydroxyl groups is 1. The molecule has 0 radical (unpaired) electrons. The lowest BCUT2D eigenvalue weighted by Crippen LogP contribution is -2.04. The van der Waals surface area contributed by atoms with Crippen LogP contribution in [0.2, 0.25) is 0 Å². The summed E-state index contributed by atoms with van der Waals surface area (Å²) in [6.07, 6.45) is -3.18. The Labute approximate surface area is 94.5 Å². The van der Waals surface area contributed by atoms with Crippen molar-refractivity contribution < 1.29 is 22.7 Å². The van der Waals surface area contributed by atoms with Gasteiger partial charge < -0.3 is 9.52 Å². The molecular weight excluding hydrogens is 235 g/mol. The molecular formula is C11H8F3NO2. The van der Waals surface area contributed by atoms with E-state index in [1.54, 1.807) is 0 Å². The van der Waals surface area contributed by atoms with Gasteiger partial charge in [0.25, 0.3) is 0 Å². The number of benzene rings is 1. The fraction of sp³-hybridized carbons (Fsp3) is 0.182. The molecule has 0 saturated carbocycles. The lowest BCUT2D eigenvalue weighted by Gasteiger charge is -2.06. The first-order valence-corrected chi connectivity index (χ1v) is 4.73. The van der Waals surface area contributed by atoms with Gasteiger partial charge in [0.2, 0.25) is 5.89 Å². The average molecular weight is 243 g/mol. The molecule has 0 saturated heterocycles. The first-order chi connectivity index (χ1) is 8.00. The molecule has 1 heterocycles. The molecule has 2 aromatic rings. The fourth-order valence-electron chi connectivity index (χ4n) is 1.37. The van der Waals surface area contributed by atoms with Crippen LogP contribution in [0.3, 0.4) is 0 Å². The van der Waals surface area contributed by atoms with Crippen LogP contribution >= 0.6 is 0 Å². The third kappa shape index (κ3) is 2.47. The van der Waals surface area contributed by atoms with Crippen molar-refractivity contribution >= 4 is 0 Å². The Kier molecular flexibility index (Phi) is 2.89. The molecule has 0 aliphatic carbocycles. The van der Waals surface area contributed by atoms with Crippen LogP contribution in [0.5, 0.6) is 0 Å². The van der Waals surface area contributed by atoms with E-state index in [2.05, 4.69) is 4.98 Å². The lowest BCUT2D eigenvalue weighted by molar-refractivity contribution is -0.137. The van der Waals surface area contributed by atoms with E-state index < -0.39 is 11.7 Å². The van der Waals surface area contributed by atoms with Crippen LogP contribution in [0, 0.1) is 0 Å². The predicted molar refractivity (Wildman–Crippen MR) is 52.9 cm³/mol. The molecule has 0 amide bonds. The highest BCUT2D eigenvalue weighted by atomic mass is 19.4. The van der Waals surface area contributed by atoms with Gasteiger partial charge in [0.1, 0.15) is 18.6 Å². The summed E-state index contributed by atoms with van der Waals surface area (Å²) in [5, 5.41) is 8.75. The number of nitrogens with zero attached hydrogens (tertiary/aromatic N) is 1. The Morgan fingerprint density at radius 3 is 2.65 bits per heavy atom. The molecule has 0 unspecified atom stereocenters. The van der Waals surface area contributed by atoms with Crippen LogP contribution in [0.1, 0.15) is 11.5 Å². The Morgan fingerprint density at radius 2 is 2.06 bits per heavy atom. The van der Waals surface area contributed by atoms with Crippen LogP contribution in [-0.4, -0.2) is 10.1 Å². The van der Waals surface area contributed by atoms with E-state index in [1.807, 2.05) is 0 Å². The van der Waals surface area contributed by atoms with Crippen molar-refractivity contribution in [3.63, 3.8) is 0 Å². The largest absolute Gasteiger partial charge is 0.446 e. The second kappa shape index (κ2) is 4.21. The maximum absolute atomic E-state index is 12.5. The van der Waals surface area contributed by atoms with Crippen molar-refractivity contribution in [2.24, 2.45) is 0 Å². The minimum atomic E-state index is -4.39. The van der Waals surface area contributed by atoms with E-state index >= 15 is 0 Å². The number of oxazole rings is 1. The molecule has 1 N–H and O–H groups in total.